The fourth-order valence-corrected chi connectivity index (χ4v) is 0.388. The predicted octanol–water partition coefficient (Wildman–Crippen LogP) is -2.38. The van der Waals surface area contributed by atoms with Gasteiger partial charge in [0, 0.05) is 0 Å². The van der Waals surface area contributed by atoms with Gasteiger partial charge in [0.2, 0.25) is 5.91 Å². The molecule has 4 N–H and O–H groups in total. The second-order valence-electron chi connectivity index (χ2n) is 1.70. The molecule has 0 heterocycles. The largest absolute Gasteiger partial charge is 0.394 e. The van der Waals surface area contributed by atoms with E-state index in [1.165, 1.54) is 0 Å². The van der Waals surface area contributed by atoms with Crippen LogP contribution in [0.4, 0.5) is 0 Å². The molecule has 58 valence electrons. The third-order valence-corrected chi connectivity index (χ3v) is 0.893. The average molecular weight is 146 g/mol. The van der Waals surface area contributed by atoms with Gasteiger partial charge < -0.3 is 21.0 Å². The Kier molecular flexibility index (Phi) is 4.43. The Bertz CT molecular complexity index is 126. The standard InChI is InChI=1S/C5H10N2O3/c6-1-5(10)7-4(2-8)3-9/h2,4,9H,1,3,6H2,(H,7,10)/t4-/m1/s1. The van der Waals surface area contributed by atoms with E-state index in [9.17, 15) is 9.59 Å². The molecule has 0 bridgehead atoms. The van der Waals surface area contributed by atoms with Crippen molar-refractivity contribution in [1.29, 1.82) is 0 Å². The van der Waals surface area contributed by atoms with Gasteiger partial charge in [0.25, 0.3) is 0 Å². The molecule has 1 amide bonds. The van der Waals surface area contributed by atoms with Crippen LogP contribution in [0.1, 0.15) is 0 Å². The van der Waals surface area contributed by atoms with Gasteiger partial charge in [-0.3, -0.25) is 4.79 Å². The van der Waals surface area contributed by atoms with Gasteiger partial charge in [-0.25, -0.2) is 0 Å². The van der Waals surface area contributed by atoms with E-state index in [0.717, 1.165) is 0 Å². The molecule has 0 unspecified atom stereocenters. The summed E-state index contributed by atoms with van der Waals surface area (Å²) in [7, 11) is 0. The molecule has 0 aliphatic heterocycles. The minimum Gasteiger partial charge on any atom is -0.394 e. The monoisotopic (exact) mass is 146 g/mol. The molecule has 0 aromatic rings. The average Bonchev–Trinajstić information content (AvgIpc) is 1.99. The lowest BCUT2D eigenvalue weighted by atomic mass is 10.3. The van der Waals surface area contributed by atoms with Crippen LogP contribution in [-0.2, 0) is 9.59 Å². The van der Waals surface area contributed by atoms with Crippen molar-refractivity contribution >= 4 is 12.2 Å². The smallest absolute Gasteiger partial charge is 0.234 e. The summed E-state index contributed by atoms with van der Waals surface area (Å²) >= 11 is 0. The van der Waals surface area contributed by atoms with Crippen LogP contribution in [-0.4, -0.2) is 36.5 Å². The topological polar surface area (TPSA) is 92.4 Å². The third-order valence-electron chi connectivity index (χ3n) is 0.893. The highest BCUT2D eigenvalue weighted by molar-refractivity contribution is 5.81. The molecule has 1 atom stereocenters. The minimum absolute atomic E-state index is 0.176. The highest BCUT2D eigenvalue weighted by atomic mass is 16.3. The second kappa shape index (κ2) is 4.89. The van der Waals surface area contributed by atoms with E-state index in [0.29, 0.717) is 6.29 Å². The summed E-state index contributed by atoms with van der Waals surface area (Å²) in [6.07, 6.45) is 0.452. The van der Waals surface area contributed by atoms with Crippen molar-refractivity contribution in [3.8, 4) is 0 Å². The van der Waals surface area contributed by atoms with Crippen LogP contribution in [0, 0.1) is 0 Å². The Hall–Kier alpha value is -0.940. The Morgan fingerprint density at radius 1 is 1.80 bits per heavy atom. The Labute approximate surface area is 58.2 Å². The number of rotatable bonds is 4. The first-order valence-electron chi connectivity index (χ1n) is 2.80. The van der Waals surface area contributed by atoms with Crippen LogP contribution >= 0.6 is 0 Å². The van der Waals surface area contributed by atoms with Gasteiger partial charge in [-0.05, 0) is 0 Å². The van der Waals surface area contributed by atoms with E-state index >= 15 is 0 Å². The number of nitrogens with one attached hydrogen (secondary N) is 1. The number of amides is 1. The number of hydrogen-bond acceptors (Lipinski definition) is 4. The van der Waals surface area contributed by atoms with E-state index in [4.69, 9.17) is 10.8 Å². The number of aliphatic hydroxyl groups is 1. The molecule has 0 saturated heterocycles. The van der Waals surface area contributed by atoms with Crippen molar-refractivity contribution in [1.82, 2.24) is 5.32 Å². The summed E-state index contributed by atoms with van der Waals surface area (Å²) in [5.74, 6) is -0.453. The Morgan fingerprint density at radius 2 is 2.40 bits per heavy atom. The normalized spacial score (nSPS) is 12.2. The molecule has 0 aromatic carbocycles. The van der Waals surface area contributed by atoms with Gasteiger partial charge in [0.05, 0.1) is 13.2 Å². The summed E-state index contributed by atoms with van der Waals surface area (Å²) in [4.78, 5) is 20.4. The zero-order valence-corrected chi connectivity index (χ0v) is 5.41. The zero-order valence-electron chi connectivity index (χ0n) is 5.41. The molecule has 0 fully saturated rings. The maximum absolute atomic E-state index is 10.4. The van der Waals surface area contributed by atoms with Crippen LogP contribution in [0.25, 0.3) is 0 Å². The summed E-state index contributed by atoms with van der Waals surface area (Å²) in [5, 5.41) is 10.6. The van der Waals surface area contributed by atoms with Gasteiger partial charge in [-0.2, -0.15) is 0 Å². The maximum atomic E-state index is 10.4. The lowest BCUT2D eigenvalue weighted by Crippen LogP contribution is -2.41. The number of aliphatic hydroxyl groups excluding tert-OH is 1. The van der Waals surface area contributed by atoms with Gasteiger partial charge in [-0.1, -0.05) is 0 Å². The van der Waals surface area contributed by atoms with Crippen LogP contribution in [0.15, 0.2) is 0 Å². The number of carbonyl (C=O) groups excluding carboxylic acids is 2. The predicted molar refractivity (Wildman–Crippen MR) is 34.1 cm³/mol. The molecule has 0 aliphatic carbocycles. The number of hydrogen-bond donors (Lipinski definition) is 3. The lowest BCUT2D eigenvalue weighted by molar-refractivity contribution is -0.123. The third kappa shape index (κ3) is 3.16. The lowest BCUT2D eigenvalue weighted by Gasteiger charge is -2.06. The molecule has 0 spiro atoms. The van der Waals surface area contributed by atoms with Gasteiger partial charge in [-0.15, -0.1) is 0 Å². The first-order chi connectivity index (χ1) is 4.74. The molecule has 5 heteroatoms. The fourth-order valence-electron chi connectivity index (χ4n) is 0.388. The first-order valence-corrected chi connectivity index (χ1v) is 2.80. The Morgan fingerprint density at radius 3 is 2.70 bits per heavy atom. The SMILES string of the molecule is NCC(=O)N[C@H](C=O)CO. The van der Waals surface area contributed by atoms with E-state index in [2.05, 4.69) is 5.32 Å². The molecular weight excluding hydrogens is 136 g/mol. The Balaban J connectivity index is 3.62. The quantitative estimate of drug-likeness (QED) is 0.386. The molecule has 5 nitrogen and oxygen atoms in total. The maximum Gasteiger partial charge on any atom is 0.234 e. The van der Waals surface area contributed by atoms with E-state index < -0.39 is 18.6 Å². The van der Waals surface area contributed by atoms with Crippen LogP contribution in [0.2, 0.25) is 0 Å². The minimum atomic E-state index is -0.823. The van der Waals surface area contributed by atoms with E-state index in [-0.39, 0.29) is 6.54 Å². The van der Waals surface area contributed by atoms with E-state index in [1.807, 2.05) is 0 Å². The van der Waals surface area contributed by atoms with Crippen LogP contribution in [0.3, 0.4) is 0 Å². The van der Waals surface area contributed by atoms with Crippen LogP contribution in [0.5, 0.6) is 0 Å². The van der Waals surface area contributed by atoms with Gasteiger partial charge in [0.15, 0.2) is 0 Å². The summed E-state index contributed by atoms with van der Waals surface area (Å²) in [6.45, 7) is -0.570. The second-order valence-corrected chi connectivity index (χ2v) is 1.70. The fraction of sp³-hybridized carbons (Fsp3) is 0.600. The molecule has 0 radical (unpaired) electrons. The first kappa shape index (κ1) is 9.06. The molecule has 0 aromatic heterocycles. The number of carbonyl (C=O) groups is 2. The highest BCUT2D eigenvalue weighted by Gasteiger charge is 2.06. The molecular formula is C5H10N2O3. The van der Waals surface area contributed by atoms with Crippen molar-refractivity contribution in [2.75, 3.05) is 13.2 Å². The van der Waals surface area contributed by atoms with Crippen LogP contribution < -0.4 is 11.1 Å². The van der Waals surface area contributed by atoms with Crippen molar-refractivity contribution in [3.63, 3.8) is 0 Å². The molecule has 0 aliphatic rings. The van der Waals surface area contributed by atoms with Gasteiger partial charge >= 0.3 is 0 Å². The van der Waals surface area contributed by atoms with Crippen molar-refractivity contribution < 1.29 is 14.7 Å². The number of aldehydes is 1. The summed E-state index contributed by atoms with van der Waals surface area (Å²) in [6, 6.07) is -0.823. The van der Waals surface area contributed by atoms with Crippen molar-refractivity contribution in [2.45, 2.75) is 6.04 Å². The van der Waals surface area contributed by atoms with Crippen molar-refractivity contribution in [2.24, 2.45) is 5.73 Å². The molecule has 0 rings (SSSR count). The van der Waals surface area contributed by atoms with E-state index in [1.54, 1.807) is 0 Å². The molecule has 10 heavy (non-hydrogen) atoms. The zero-order chi connectivity index (χ0) is 7.98. The number of nitrogens with two attached hydrogens (primary N) is 1. The summed E-state index contributed by atoms with van der Waals surface area (Å²) in [5.41, 5.74) is 4.92. The molecule has 0 saturated carbocycles. The van der Waals surface area contributed by atoms with Gasteiger partial charge in [0.1, 0.15) is 12.3 Å². The summed E-state index contributed by atoms with van der Waals surface area (Å²) < 4.78 is 0. The van der Waals surface area contributed by atoms with Crippen molar-refractivity contribution in [3.05, 3.63) is 0 Å². The highest BCUT2D eigenvalue weighted by Crippen LogP contribution is 1.73.